The summed E-state index contributed by atoms with van der Waals surface area (Å²) in [6.07, 6.45) is 2.41. The molecule has 7 nitrogen and oxygen atoms in total. The van der Waals surface area contributed by atoms with Gasteiger partial charge in [0.2, 0.25) is 5.91 Å². The molecule has 0 aliphatic carbocycles. The van der Waals surface area contributed by atoms with Gasteiger partial charge in [0, 0.05) is 23.9 Å². The second kappa shape index (κ2) is 5.50. The van der Waals surface area contributed by atoms with E-state index in [1.807, 2.05) is 12.1 Å². The molecular formula is C16H14N4O3. The third-order valence-corrected chi connectivity index (χ3v) is 3.83. The summed E-state index contributed by atoms with van der Waals surface area (Å²) < 4.78 is 6.33. The standard InChI is InChI=1S/C16H14N4O3/c1-23-16(22)15-14(18)9(7-17)8-20(15)12-4-2-3-11-10(12)5-6-13(21)19-11/h2-4,8H,5-6,18H2,1H3,(H,19,21). The lowest BCUT2D eigenvalue weighted by Crippen LogP contribution is -2.21. The quantitative estimate of drug-likeness (QED) is 0.819. The van der Waals surface area contributed by atoms with Gasteiger partial charge in [-0.05, 0) is 18.6 Å². The van der Waals surface area contributed by atoms with Crippen molar-refractivity contribution < 1.29 is 14.3 Å². The maximum atomic E-state index is 12.1. The molecule has 1 amide bonds. The van der Waals surface area contributed by atoms with Crippen LogP contribution in [0.25, 0.3) is 5.69 Å². The van der Waals surface area contributed by atoms with Crippen molar-refractivity contribution in [3.63, 3.8) is 0 Å². The number of hydrogen-bond acceptors (Lipinski definition) is 5. The first-order chi connectivity index (χ1) is 11.1. The number of amides is 1. The number of rotatable bonds is 2. The SMILES string of the molecule is COC(=O)c1c(N)c(C#N)cn1-c1cccc2c1CCC(=O)N2. The molecule has 0 atom stereocenters. The average molecular weight is 310 g/mol. The lowest BCUT2D eigenvalue weighted by atomic mass is 10.0. The largest absolute Gasteiger partial charge is 0.464 e. The number of nitrogens with zero attached hydrogens (tertiary/aromatic N) is 2. The van der Waals surface area contributed by atoms with Gasteiger partial charge >= 0.3 is 5.97 Å². The molecule has 1 aliphatic rings. The highest BCUT2D eigenvalue weighted by atomic mass is 16.5. The highest BCUT2D eigenvalue weighted by molar-refractivity contribution is 5.97. The summed E-state index contributed by atoms with van der Waals surface area (Å²) in [7, 11) is 1.26. The Kier molecular flexibility index (Phi) is 3.50. The number of benzene rings is 1. The van der Waals surface area contributed by atoms with E-state index in [0.29, 0.717) is 24.2 Å². The molecule has 0 radical (unpaired) electrons. The highest BCUT2D eigenvalue weighted by Gasteiger charge is 2.25. The van der Waals surface area contributed by atoms with E-state index in [9.17, 15) is 14.9 Å². The van der Waals surface area contributed by atoms with Crippen molar-refractivity contribution in [2.24, 2.45) is 0 Å². The molecule has 0 fully saturated rings. The minimum absolute atomic E-state index is 0.0485. The zero-order chi connectivity index (χ0) is 16.6. The molecule has 1 aliphatic heterocycles. The summed E-state index contributed by atoms with van der Waals surface area (Å²) in [5, 5.41) is 12.0. The van der Waals surface area contributed by atoms with Gasteiger partial charge in [-0.3, -0.25) is 4.79 Å². The van der Waals surface area contributed by atoms with E-state index in [2.05, 4.69) is 5.32 Å². The van der Waals surface area contributed by atoms with Gasteiger partial charge in [0.1, 0.15) is 6.07 Å². The van der Waals surface area contributed by atoms with E-state index < -0.39 is 5.97 Å². The summed E-state index contributed by atoms with van der Waals surface area (Å²) in [6.45, 7) is 0. The third-order valence-electron chi connectivity index (χ3n) is 3.83. The van der Waals surface area contributed by atoms with Gasteiger partial charge in [-0.2, -0.15) is 5.26 Å². The number of nitrogens with one attached hydrogen (secondary N) is 1. The molecule has 0 spiro atoms. The molecule has 7 heteroatoms. The Morgan fingerprint density at radius 3 is 2.91 bits per heavy atom. The van der Waals surface area contributed by atoms with Crippen LogP contribution in [-0.2, 0) is 16.0 Å². The van der Waals surface area contributed by atoms with Crippen molar-refractivity contribution in [3.05, 3.63) is 41.2 Å². The highest BCUT2D eigenvalue weighted by Crippen LogP contribution is 2.32. The lowest BCUT2D eigenvalue weighted by Gasteiger charge is -2.21. The summed E-state index contributed by atoms with van der Waals surface area (Å²) in [4.78, 5) is 23.6. The van der Waals surface area contributed by atoms with Gasteiger partial charge < -0.3 is 20.4 Å². The average Bonchev–Trinajstić information content (AvgIpc) is 2.89. The van der Waals surface area contributed by atoms with Crippen molar-refractivity contribution in [1.82, 2.24) is 4.57 Å². The summed E-state index contributed by atoms with van der Waals surface area (Å²) >= 11 is 0. The Bertz CT molecular complexity index is 861. The Balaban J connectivity index is 2.24. The van der Waals surface area contributed by atoms with Crippen LogP contribution < -0.4 is 11.1 Å². The normalized spacial score (nSPS) is 13.0. The summed E-state index contributed by atoms with van der Waals surface area (Å²) in [5.74, 6) is -0.672. The molecule has 1 aromatic heterocycles. The Labute approximate surface area is 132 Å². The fourth-order valence-corrected chi connectivity index (χ4v) is 2.74. The second-order valence-corrected chi connectivity index (χ2v) is 5.13. The van der Waals surface area contributed by atoms with Crippen LogP contribution in [0, 0.1) is 11.3 Å². The number of nitriles is 1. The van der Waals surface area contributed by atoms with Gasteiger partial charge in [-0.15, -0.1) is 0 Å². The van der Waals surface area contributed by atoms with E-state index in [-0.39, 0.29) is 22.9 Å². The molecule has 1 aromatic carbocycles. The molecule has 2 aromatic rings. The number of nitrogen functional groups attached to an aromatic ring is 1. The Morgan fingerprint density at radius 2 is 2.22 bits per heavy atom. The number of carbonyl (C=O) groups is 2. The second-order valence-electron chi connectivity index (χ2n) is 5.13. The van der Waals surface area contributed by atoms with Crippen LogP contribution in [0.15, 0.2) is 24.4 Å². The van der Waals surface area contributed by atoms with E-state index in [0.717, 1.165) is 5.56 Å². The smallest absolute Gasteiger partial charge is 0.357 e. The van der Waals surface area contributed by atoms with Crippen molar-refractivity contribution in [1.29, 1.82) is 5.26 Å². The van der Waals surface area contributed by atoms with E-state index in [4.69, 9.17) is 10.5 Å². The van der Waals surface area contributed by atoms with E-state index in [1.54, 1.807) is 16.7 Å². The molecule has 3 rings (SSSR count). The van der Waals surface area contributed by atoms with Crippen molar-refractivity contribution in [2.75, 3.05) is 18.2 Å². The minimum Gasteiger partial charge on any atom is -0.464 e. The topological polar surface area (TPSA) is 110 Å². The predicted octanol–water partition coefficient (Wildman–Crippen LogP) is 1.60. The number of nitrogens with two attached hydrogens (primary N) is 1. The number of fused-ring (bicyclic) bond motifs is 1. The molecule has 0 saturated heterocycles. The summed E-state index contributed by atoms with van der Waals surface area (Å²) in [5.41, 5.74) is 8.57. The van der Waals surface area contributed by atoms with Gasteiger partial charge in [0.25, 0.3) is 0 Å². The van der Waals surface area contributed by atoms with Crippen molar-refractivity contribution >= 4 is 23.3 Å². The zero-order valence-corrected chi connectivity index (χ0v) is 12.4. The van der Waals surface area contributed by atoms with Crippen molar-refractivity contribution in [3.8, 4) is 11.8 Å². The first-order valence-electron chi connectivity index (χ1n) is 6.98. The fraction of sp³-hybridized carbons (Fsp3) is 0.188. The van der Waals surface area contributed by atoms with Crippen LogP contribution in [0.4, 0.5) is 11.4 Å². The predicted molar refractivity (Wildman–Crippen MR) is 83.2 cm³/mol. The van der Waals surface area contributed by atoms with E-state index >= 15 is 0 Å². The van der Waals surface area contributed by atoms with Crippen molar-refractivity contribution in [2.45, 2.75) is 12.8 Å². The maximum absolute atomic E-state index is 12.1. The molecule has 0 unspecified atom stereocenters. The molecule has 3 N–H and O–H groups in total. The number of esters is 1. The van der Waals surface area contributed by atoms with Gasteiger partial charge in [-0.25, -0.2) is 4.79 Å². The van der Waals surface area contributed by atoms with Gasteiger partial charge in [0.05, 0.1) is 24.0 Å². The zero-order valence-electron chi connectivity index (χ0n) is 12.4. The number of aromatic nitrogens is 1. The fourth-order valence-electron chi connectivity index (χ4n) is 2.74. The number of hydrogen-bond donors (Lipinski definition) is 2. The first-order valence-corrected chi connectivity index (χ1v) is 6.98. The third kappa shape index (κ3) is 2.30. The first kappa shape index (κ1) is 14.7. The van der Waals surface area contributed by atoms with Crippen LogP contribution >= 0.6 is 0 Å². The van der Waals surface area contributed by atoms with E-state index in [1.165, 1.54) is 13.3 Å². The van der Waals surface area contributed by atoms with Crippen LogP contribution in [0.5, 0.6) is 0 Å². The molecule has 23 heavy (non-hydrogen) atoms. The van der Waals surface area contributed by atoms with Gasteiger partial charge in [0.15, 0.2) is 5.69 Å². The molecular weight excluding hydrogens is 296 g/mol. The number of methoxy groups -OCH3 is 1. The van der Waals surface area contributed by atoms with Crippen LogP contribution in [0.1, 0.15) is 28.0 Å². The molecule has 2 heterocycles. The maximum Gasteiger partial charge on any atom is 0.357 e. The molecule has 0 saturated carbocycles. The summed E-state index contributed by atoms with van der Waals surface area (Å²) in [6, 6.07) is 7.34. The Morgan fingerprint density at radius 1 is 1.43 bits per heavy atom. The van der Waals surface area contributed by atoms with Crippen LogP contribution in [0.2, 0.25) is 0 Å². The minimum atomic E-state index is -0.624. The lowest BCUT2D eigenvalue weighted by molar-refractivity contribution is -0.116. The monoisotopic (exact) mass is 310 g/mol. The van der Waals surface area contributed by atoms with Crippen LogP contribution in [-0.4, -0.2) is 23.6 Å². The molecule has 116 valence electrons. The molecule has 0 bridgehead atoms. The Hall–Kier alpha value is -3.27. The van der Waals surface area contributed by atoms with Crippen LogP contribution in [0.3, 0.4) is 0 Å². The number of carbonyl (C=O) groups excluding carboxylic acids is 2. The number of anilines is 2. The number of ether oxygens (including phenoxy) is 1. The van der Waals surface area contributed by atoms with Gasteiger partial charge in [-0.1, -0.05) is 6.07 Å².